The molecule has 0 aliphatic heterocycles. The Bertz CT molecular complexity index is 572. The molecule has 194 valence electrons. The third-order valence-electron chi connectivity index (χ3n) is 5.44. The van der Waals surface area contributed by atoms with Crippen molar-refractivity contribution in [3.05, 3.63) is 67.4 Å². The van der Waals surface area contributed by atoms with Crippen LogP contribution in [0.1, 0.15) is 107 Å². The highest BCUT2D eigenvalue weighted by atomic mass is 14.9. The minimum atomic E-state index is 0.335. The maximum Gasteiger partial charge on any atom is 0.0346 e. The van der Waals surface area contributed by atoms with Gasteiger partial charge in [-0.15, -0.1) is 19.7 Å². The molecule has 0 amide bonds. The van der Waals surface area contributed by atoms with Gasteiger partial charge in [-0.25, -0.2) is 0 Å². The molecule has 0 saturated carbocycles. The Hall–Kier alpha value is -1.96. The molecular weight excluding hydrogens is 400 g/mol. The van der Waals surface area contributed by atoms with Crippen molar-refractivity contribution in [2.24, 2.45) is 11.3 Å². The van der Waals surface area contributed by atoms with Crippen molar-refractivity contribution in [2.45, 2.75) is 108 Å². The maximum atomic E-state index is 5.76. The summed E-state index contributed by atoms with van der Waals surface area (Å²) in [5.41, 5.74) is 10.7. The molecule has 0 spiro atoms. The van der Waals surface area contributed by atoms with Gasteiger partial charge in [-0.2, -0.15) is 0 Å². The number of nitrogen functional groups attached to an aromatic ring is 1. The normalized spacial score (nSPS) is 10.2. The minimum Gasteiger partial charge on any atom is -0.399 e. The lowest BCUT2D eigenvalue weighted by Gasteiger charge is -2.34. The van der Waals surface area contributed by atoms with Crippen LogP contribution < -0.4 is 11.1 Å². The lowest BCUT2D eigenvalue weighted by molar-refractivity contribution is 0.223. The Kier molecular flexibility index (Phi) is 30.5. The van der Waals surface area contributed by atoms with Crippen LogP contribution in [0, 0.1) is 11.3 Å². The van der Waals surface area contributed by atoms with E-state index in [4.69, 9.17) is 5.73 Å². The number of benzene rings is 1. The molecular formula is C31H60N2. The third kappa shape index (κ3) is 20.4. The second kappa shape index (κ2) is 26.3. The number of rotatable bonds is 11. The topological polar surface area (TPSA) is 38.0 Å². The van der Waals surface area contributed by atoms with Crippen LogP contribution in [0.25, 0.3) is 0 Å². The molecule has 1 aromatic rings. The first kappa shape index (κ1) is 38.3. The van der Waals surface area contributed by atoms with Crippen molar-refractivity contribution in [2.75, 3.05) is 12.3 Å². The van der Waals surface area contributed by atoms with E-state index < -0.39 is 0 Å². The second-order valence-corrected chi connectivity index (χ2v) is 8.26. The smallest absolute Gasteiger partial charge is 0.0346 e. The number of anilines is 1. The SMILES string of the molecule is C=C.C=C(C)CCNC(=C)C(CC)C(C)(C)CC.CC.CC.CCCCc1ccccc1N. The van der Waals surface area contributed by atoms with Crippen LogP contribution in [-0.2, 0) is 6.42 Å². The highest BCUT2D eigenvalue weighted by Crippen LogP contribution is 2.36. The van der Waals surface area contributed by atoms with Gasteiger partial charge in [-0.3, -0.25) is 0 Å². The first-order valence-electron chi connectivity index (χ1n) is 13.1. The van der Waals surface area contributed by atoms with Gasteiger partial charge in [0.25, 0.3) is 0 Å². The van der Waals surface area contributed by atoms with Crippen LogP contribution in [-0.4, -0.2) is 6.54 Å². The van der Waals surface area contributed by atoms with Gasteiger partial charge in [0, 0.05) is 23.8 Å². The van der Waals surface area contributed by atoms with E-state index in [9.17, 15) is 0 Å². The molecule has 0 aliphatic rings. The van der Waals surface area contributed by atoms with E-state index in [1.165, 1.54) is 36.1 Å². The Balaban J connectivity index is -0.000000214. The summed E-state index contributed by atoms with van der Waals surface area (Å²) < 4.78 is 0. The number of nitrogens with two attached hydrogens (primary N) is 1. The van der Waals surface area contributed by atoms with E-state index in [1.807, 2.05) is 45.9 Å². The molecule has 0 bridgehead atoms. The van der Waals surface area contributed by atoms with E-state index in [-0.39, 0.29) is 0 Å². The van der Waals surface area contributed by atoms with Crippen LogP contribution in [0.2, 0.25) is 0 Å². The van der Waals surface area contributed by atoms with E-state index in [1.54, 1.807) is 0 Å². The van der Waals surface area contributed by atoms with Crippen LogP contribution in [0.4, 0.5) is 5.69 Å². The lowest BCUT2D eigenvalue weighted by Crippen LogP contribution is -2.31. The van der Waals surface area contributed by atoms with Gasteiger partial charge in [0.1, 0.15) is 0 Å². The zero-order valence-corrected chi connectivity index (χ0v) is 24.2. The zero-order chi connectivity index (χ0) is 26.9. The highest BCUT2D eigenvalue weighted by molar-refractivity contribution is 5.46. The molecule has 1 unspecified atom stereocenters. The van der Waals surface area contributed by atoms with Crippen molar-refractivity contribution in [3.63, 3.8) is 0 Å². The Morgan fingerprint density at radius 3 is 1.91 bits per heavy atom. The van der Waals surface area contributed by atoms with Crippen LogP contribution in [0.3, 0.4) is 0 Å². The molecule has 0 aromatic heterocycles. The molecule has 2 nitrogen and oxygen atoms in total. The Morgan fingerprint density at radius 1 is 1.00 bits per heavy atom. The van der Waals surface area contributed by atoms with Crippen molar-refractivity contribution < 1.29 is 0 Å². The molecule has 2 heteroatoms. The van der Waals surface area contributed by atoms with Gasteiger partial charge >= 0.3 is 0 Å². The first-order chi connectivity index (χ1) is 15.7. The number of para-hydroxylation sites is 1. The highest BCUT2D eigenvalue weighted by Gasteiger charge is 2.28. The molecule has 0 saturated heterocycles. The van der Waals surface area contributed by atoms with Crippen LogP contribution in [0.5, 0.6) is 0 Å². The van der Waals surface area contributed by atoms with E-state index in [2.05, 4.69) is 79.2 Å². The predicted octanol–water partition coefficient (Wildman–Crippen LogP) is 9.98. The molecule has 1 rings (SSSR count). The van der Waals surface area contributed by atoms with E-state index in [0.717, 1.165) is 31.5 Å². The average molecular weight is 461 g/mol. The standard InChI is InChI=1S/C15H29N.C10H15N.2C2H6.C2H4/c1-8-14(15(6,7)9-2)13(5)16-11-10-12(3)4;1-2-3-6-9-7-4-5-8-10(9)11;3*1-2/h14,16H,3,5,8-11H2,1-2,4,6-7H3;4-5,7-8H,2-3,6,11H2,1H3;2*1-2H3;1-2H2. The number of unbranched alkanes of at least 4 members (excludes halogenated alkanes) is 1. The van der Waals surface area contributed by atoms with Crippen molar-refractivity contribution >= 4 is 5.69 Å². The largest absolute Gasteiger partial charge is 0.399 e. The average Bonchev–Trinajstić information content (AvgIpc) is 2.83. The van der Waals surface area contributed by atoms with Crippen molar-refractivity contribution in [3.8, 4) is 0 Å². The number of nitrogens with one attached hydrogen (secondary N) is 1. The van der Waals surface area contributed by atoms with Gasteiger partial charge in [0.15, 0.2) is 0 Å². The molecule has 33 heavy (non-hydrogen) atoms. The van der Waals surface area contributed by atoms with Gasteiger partial charge in [-0.1, -0.05) is 106 Å². The number of aryl methyl sites for hydroxylation is 1. The van der Waals surface area contributed by atoms with Gasteiger partial charge in [-0.05, 0) is 49.7 Å². The third-order valence-corrected chi connectivity index (χ3v) is 5.44. The van der Waals surface area contributed by atoms with Crippen LogP contribution in [0.15, 0.2) is 61.9 Å². The van der Waals surface area contributed by atoms with Gasteiger partial charge < -0.3 is 11.1 Å². The molecule has 0 fully saturated rings. The fourth-order valence-corrected chi connectivity index (χ4v) is 3.21. The molecule has 0 aliphatic carbocycles. The predicted molar refractivity (Wildman–Crippen MR) is 158 cm³/mol. The van der Waals surface area contributed by atoms with E-state index in [0.29, 0.717) is 11.3 Å². The summed E-state index contributed by atoms with van der Waals surface area (Å²) in [6.45, 7) is 36.5. The van der Waals surface area contributed by atoms with Gasteiger partial charge in [0.05, 0.1) is 0 Å². The summed E-state index contributed by atoms with van der Waals surface area (Å²) in [7, 11) is 0. The summed E-state index contributed by atoms with van der Waals surface area (Å²) in [4.78, 5) is 0. The molecule has 0 heterocycles. The lowest BCUT2D eigenvalue weighted by atomic mass is 9.74. The molecule has 3 N–H and O–H groups in total. The summed E-state index contributed by atoms with van der Waals surface area (Å²) in [5.74, 6) is 0.558. The Morgan fingerprint density at radius 2 is 1.52 bits per heavy atom. The number of allylic oxidation sites excluding steroid dienone is 1. The maximum absolute atomic E-state index is 5.76. The monoisotopic (exact) mass is 460 g/mol. The Labute approximate surface area is 209 Å². The molecule has 0 radical (unpaired) electrons. The van der Waals surface area contributed by atoms with Crippen molar-refractivity contribution in [1.29, 1.82) is 0 Å². The molecule has 1 atom stereocenters. The van der Waals surface area contributed by atoms with Crippen molar-refractivity contribution in [1.82, 2.24) is 5.32 Å². The summed E-state index contributed by atoms with van der Waals surface area (Å²) in [5, 5.41) is 3.45. The van der Waals surface area contributed by atoms with E-state index >= 15 is 0 Å². The zero-order valence-electron chi connectivity index (χ0n) is 24.2. The number of hydrogen-bond donors (Lipinski definition) is 2. The number of hydrogen-bond acceptors (Lipinski definition) is 2. The summed E-state index contributed by atoms with van der Waals surface area (Å²) in [6, 6.07) is 8.09. The summed E-state index contributed by atoms with van der Waals surface area (Å²) >= 11 is 0. The quantitative estimate of drug-likeness (QED) is 0.254. The minimum absolute atomic E-state index is 0.335. The fourth-order valence-electron chi connectivity index (χ4n) is 3.21. The van der Waals surface area contributed by atoms with Crippen LogP contribution >= 0.6 is 0 Å². The summed E-state index contributed by atoms with van der Waals surface area (Å²) in [6.07, 6.45) is 6.94. The molecule has 1 aromatic carbocycles. The van der Waals surface area contributed by atoms with Gasteiger partial charge in [0.2, 0.25) is 0 Å². The second-order valence-electron chi connectivity index (χ2n) is 8.26. The first-order valence-corrected chi connectivity index (χ1v) is 13.1. The fraction of sp³-hybridized carbons (Fsp3) is 0.613.